The lowest BCUT2D eigenvalue weighted by Crippen LogP contribution is -2.36. The zero-order valence-electron chi connectivity index (χ0n) is 10.00. The van der Waals surface area contributed by atoms with Crippen LogP contribution < -0.4 is 0 Å². The molecule has 0 spiro atoms. The van der Waals surface area contributed by atoms with Crippen LogP contribution in [0.1, 0.15) is 59.3 Å². The summed E-state index contributed by atoms with van der Waals surface area (Å²) in [4.78, 5) is 0. The number of hydrogen-bond donors (Lipinski definition) is 1. The monoisotopic (exact) mass is 198 g/mol. The first-order chi connectivity index (χ1) is 6.70. The van der Waals surface area contributed by atoms with Crippen molar-refractivity contribution in [2.45, 2.75) is 65.4 Å². The van der Waals surface area contributed by atoms with Crippen molar-refractivity contribution in [2.75, 3.05) is 0 Å². The van der Waals surface area contributed by atoms with Gasteiger partial charge in [-0.1, -0.05) is 40.0 Å². The van der Waals surface area contributed by atoms with Crippen LogP contribution >= 0.6 is 0 Å². The second kappa shape index (κ2) is 5.75. The van der Waals surface area contributed by atoms with Crippen LogP contribution in [0.15, 0.2) is 0 Å². The lowest BCUT2D eigenvalue weighted by molar-refractivity contribution is -0.00969. The van der Waals surface area contributed by atoms with Gasteiger partial charge in [0.2, 0.25) is 0 Å². The van der Waals surface area contributed by atoms with Crippen LogP contribution in [-0.4, -0.2) is 11.2 Å². The highest BCUT2D eigenvalue weighted by Crippen LogP contribution is 2.37. The van der Waals surface area contributed by atoms with E-state index in [-0.39, 0.29) is 6.10 Å². The van der Waals surface area contributed by atoms with E-state index in [1.807, 2.05) is 0 Å². The van der Waals surface area contributed by atoms with Crippen molar-refractivity contribution in [3.8, 4) is 0 Å². The van der Waals surface area contributed by atoms with Crippen LogP contribution in [0, 0.1) is 17.8 Å². The van der Waals surface area contributed by atoms with Gasteiger partial charge in [0, 0.05) is 0 Å². The summed E-state index contributed by atoms with van der Waals surface area (Å²) in [5.41, 5.74) is 0. The SMILES string of the molecule is CCCC1CCCC(C(C)CC)C1O. The summed E-state index contributed by atoms with van der Waals surface area (Å²) in [6.45, 7) is 6.75. The maximum atomic E-state index is 10.3. The zero-order chi connectivity index (χ0) is 10.6. The summed E-state index contributed by atoms with van der Waals surface area (Å²) in [6.07, 6.45) is 7.46. The predicted octanol–water partition coefficient (Wildman–Crippen LogP) is 3.61. The number of hydrogen-bond acceptors (Lipinski definition) is 1. The van der Waals surface area contributed by atoms with E-state index in [0.717, 1.165) is 0 Å². The molecule has 1 fully saturated rings. The Hall–Kier alpha value is -0.0400. The van der Waals surface area contributed by atoms with Crippen molar-refractivity contribution in [2.24, 2.45) is 17.8 Å². The lowest BCUT2D eigenvalue weighted by Gasteiger charge is -2.38. The molecule has 1 nitrogen and oxygen atoms in total. The molecule has 0 aliphatic heterocycles. The van der Waals surface area contributed by atoms with Gasteiger partial charge >= 0.3 is 0 Å². The zero-order valence-corrected chi connectivity index (χ0v) is 10.00. The van der Waals surface area contributed by atoms with Crippen LogP contribution in [0.25, 0.3) is 0 Å². The first kappa shape index (κ1) is 12.0. The number of rotatable bonds is 4. The molecule has 84 valence electrons. The summed E-state index contributed by atoms with van der Waals surface area (Å²) in [5, 5.41) is 10.3. The summed E-state index contributed by atoms with van der Waals surface area (Å²) in [7, 11) is 0. The Morgan fingerprint density at radius 2 is 2.00 bits per heavy atom. The molecule has 0 amide bonds. The van der Waals surface area contributed by atoms with E-state index in [9.17, 15) is 5.11 Å². The fraction of sp³-hybridized carbons (Fsp3) is 1.00. The number of aliphatic hydroxyl groups excluding tert-OH is 1. The average molecular weight is 198 g/mol. The molecule has 1 rings (SSSR count). The van der Waals surface area contributed by atoms with E-state index >= 15 is 0 Å². The smallest absolute Gasteiger partial charge is 0.0599 e. The molecule has 0 heterocycles. The molecule has 1 aliphatic carbocycles. The van der Waals surface area contributed by atoms with Gasteiger partial charge < -0.3 is 5.11 Å². The summed E-state index contributed by atoms with van der Waals surface area (Å²) >= 11 is 0. The molecule has 4 atom stereocenters. The standard InChI is InChI=1S/C13H26O/c1-4-7-11-8-6-9-12(13(11)14)10(3)5-2/h10-14H,4-9H2,1-3H3. The van der Waals surface area contributed by atoms with Crippen molar-refractivity contribution in [3.05, 3.63) is 0 Å². The Kier molecular flexibility index (Phi) is 4.94. The van der Waals surface area contributed by atoms with Crippen molar-refractivity contribution in [1.29, 1.82) is 0 Å². The summed E-state index contributed by atoms with van der Waals surface area (Å²) in [5.74, 6) is 1.86. The Balaban J connectivity index is 2.51. The third kappa shape index (κ3) is 2.73. The van der Waals surface area contributed by atoms with Crippen LogP contribution in [0.5, 0.6) is 0 Å². The number of aliphatic hydroxyl groups is 1. The van der Waals surface area contributed by atoms with Crippen molar-refractivity contribution >= 4 is 0 Å². The molecule has 0 radical (unpaired) electrons. The highest BCUT2D eigenvalue weighted by atomic mass is 16.3. The van der Waals surface area contributed by atoms with Gasteiger partial charge in [0.05, 0.1) is 6.10 Å². The van der Waals surface area contributed by atoms with Gasteiger partial charge in [-0.15, -0.1) is 0 Å². The van der Waals surface area contributed by atoms with Gasteiger partial charge in [0.25, 0.3) is 0 Å². The summed E-state index contributed by atoms with van der Waals surface area (Å²) < 4.78 is 0. The Morgan fingerprint density at radius 1 is 1.29 bits per heavy atom. The third-order valence-electron chi connectivity index (χ3n) is 4.07. The van der Waals surface area contributed by atoms with E-state index in [4.69, 9.17) is 0 Å². The predicted molar refractivity (Wildman–Crippen MR) is 61.2 cm³/mol. The fourth-order valence-corrected chi connectivity index (χ4v) is 2.92. The lowest BCUT2D eigenvalue weighted by atomic mass is 9.71. The van der Waals surface area contributed by atoms with Crippen molar-refractivity contribution < 1.29 is 5.11 Å². The molecular formula is C13H26O. The van der Waals surface area contributed by atoms with Crippen LogP contribution in [-0.2, 0) is 0 Å². The largest absolute Gasteiger partial charge is 0.393 e. The normalized spacial score (nSPS) is 35.6. The molecule has 1 aliphatic rings. The van der Waals surface area contributed by atoms with E-state index in [1.54, 1.807) is 0 Å². The van der Waals surface area contributed by atoms with E-state index in [2.05, 4.69) is 20.8 Å². The molecule has 0 aromatic carbocycles. The first-order valence-electron chi connectivity index (χ1n) is 6.38. The van der Waals surface area contributed by atoms with Gasteiger partial charge in [-0.25, -0.2) is 0 Å². The quantitative estimate of drug-likeness (QED) is 0.731. The Labute approximate surface area is 88.9 Å². The summed E-state index contributed by atoms with van der Waals surface area (Å²) in [6, 6.07) is 0. The average Bonchev–Trinajstić information content (AvgIpc) is 2.20. The van der Waals surface area contributed by atoms with Crippen LogP contribution in [0.2, 0.25) is 0 Å². The van der Waals surface area contributed by atoms with E-state index in [0.29, 0.717) is 17.8 Å². The highest BCUT2D eigenvalue weighted by molar-refractivity contribution is 4.84. The molecule has 0 aromatic rings. The van der Waals surface area contributed by atoms with Crippen molar-refractivity contribution in [3.63, 3.8) is 0 Å². The van der Waals surface area contributed by atoms with Crippen LogP contribution in [0.4, 0.5) is 0 Å². The molecular weight excluding hydrogens is 172 g/mol. The topological polar surface area (TPSA) is 20.2 Å². The molecule has 0 aromatic heterocycles. The molecule has 0 saturated heterocycles. The van der Waals surface area contributed by atoms with Gasteiger partial charge in [0.1, 0.15) is 0 Å². The third-order valence-corrected chi connectivity index (χ3v) is 4.07. The maximum absolute atomic E-state index is 10.3. The molecule has 4 unspecified atom stereocenters. The fourth-order valence-electron chi connectivity index (χ4n) is 2.92. The van der Waals surface area contributed by atoms with Gasteiger partial charge in [-0.3, -0.25) is 0 Å². The minimum absolute atomic E-state index is 0.0151. The first-order valence-corrected chi connectivity index (χ1v) is 6.38. The molecule has 0 bridgehead atoms. The second-order valence-electron chi connectivity index (χ2n) is 5.02. The van der Waals surface area contributed by atoms with Gasteiger partial charge in [0.15, 0.2) is 0 Å². The Morgan fingerprint density at radius 3 is 2.57 bits per heavy atom. The molecule has 14 heavy (non-hydrogen) atoms. The van der Waals surface area contributed by atoms with E-state index in [1.165, 1.54) is 38.5 Å². The molecule has 1 saturated carbocycles. The minimum Gasteiger partial charge on any atom is -0.393 e. The van der Waals surface area contributed by atoms with Crippen molar-refractivity contribution in [1.82, 2.24) is 0 Å². The maximum Gasteiger partial charge on any atom is 0.0599 e. The molecule has 1 N–H and O–H groups in total. The second-order valence-corrected chi connectivity index (χ2v) is 5.02. The Bertz CT molecular complexity index is 153. The van der Waals surface area contributed by atoms with E-state index < -0.39 is 0 Å². The minimum atomic E-state index is -0.0151. The van der Waals surface area contributed by atoms with Gasteiger partial charge in [-0.05, 0) is 37.0 Å². The van der Waals surface area contributed by atoms with Crippen LogP contribution in [0.3, 0.4) is 0 Å². The van der Waals surface area contributed by atoms with Gasteiger partial charge in [-0.2, -0.15) is 0 Å². The highest BCUT2D eigenvalue weighted by Gasteiger charge is 2.33. The molecule has 1 heteroatoms.